The number of anilines is 1. The number of fused-ring (bicyclic) bond motifs is 2. The molecule has 25 heavy (non-hydrogen) atoms. The van der Waals surface area contributed by atoms with Crippen molar-refractivity contribution in [1.29, 1.82) is 0 Å². The molecule has 0 unspecified atom stereocenters. The fraction of sp³-hybridized carbons (Fsp3) is 0.650. The van der Waals surface area contributed by atoms with Crippen LogP contribution in [-0.2, 0) is 9.47 Å². The molecule has 2 aliphatic heterocycles. The molecule has 1 spiro atoms. The number of cyclic esters (lactones) is 1. The molecular formula is C20H26N2O3. The van der Waals surface area contributed by atoms with E-state index in [9.17, 15) is 4.79 Å². The van der Waals surface area contributed by atoms with E-state index in [1.54, 1.807) is 4.90 Å². The summed E-state index contributed by atoms with van der Waals surface area (Å²) in [6.07, 6.45) is 5.39. The Morgan fingerprint density at radius 2 is 2.20 bits per heavy atom. The minimum atomic E-state index is -0.240. The van der Waals surface area contributed by atoms with E-state index in [0.29, 0.717) is 36.6 Å². The van der Waals surface area contributed by atoms with Gasteiger partial charge in [-0.3, -0.25) is 4.90 Å². The van der Waals surface area contributed by atoms with Gasteiger partial charge < -0.3 is 14.8 Å². The van der Waals surface area contributed by atoms with Crippen molar-refractivity contribution in [2.24, 2.45) is 11.3 Å². The molecule has 5 nitrogen and oxygen atoms in total. The lowest BCUT2D eigenvalue weighted by Gasteiger charge is -2.64. The SMILES string of the molecule is C[C@H](N[C@@H]1[C@H]2CCO[C@@H]2C12CCC2)c1cccc(N2CCOC2=O)c1. The molecule has 2 aliphatic carbocycles. The maximum atomic E-state index is 11.8. The van der Waals surface area contributed by atoms with Crippen LogP contribution in [-0.4, -0.2) is 38.0 Å². The quantitative estimate of drug-likeness (QED) is 0.912. The zero-order chi connectivity index (χ0) is 17.0. The van der Waals surface area contributed by atoms with Crippen LogP contribution in [0.2, 0.25) is 0 Å². The van der Waals surface area contributed by atoms with Crippen molar-refractivity contribution in [3.05, 3.63) is 29.8 Å². The summed E-state index contributed by atoms with van der Waals surface area (Å²) in [5.41, 5.74) is 2.56. The first-order valence-corrected chi connectivity index (χ1v) is 9.61. The van der Waals surface area contributed by atoms with Crippen LogP contribution in [0.3, 0.4) is 0 Å². The molecule has 0 bridgehead atoms. The number of benzene rings is 1. The summed E-state index contributed by atoms with van der Waals surface area (Å²) in [5.74, 6) is 0.680. The van der Waals surface area contributed by atoms with E-state index in [-0.39, 0.29) is 12.1 Å². The Bertz CT molecular complexity index is 687. The van der Waals surface area contributed by atoms with Gasteiger partial charge in [-0.15, -0.1) is 0 Å². The highest BCUT2D eigenvalue weighted by atomic mass is 16.6. The lowest BCUT2D eigenvalue weighted by atomic mass is 9.46. The van der Waals surface area contributed by atoms with Crippen molar-refractivity contribution >= 4 is 11.8 Å². The lowest BCUT2D eigenvalue weighted by molar-refractivity contribution is -0.178. The molecule has 4 fully saturated rings. The molecule has 5 rings (SSSR count). The maximum absolute atomic E-state index is 11.8. The molecule has 1 aromatic carbocycles. The summed E-state index contributed by atoms with van der Waals surface area (Å²) in [6, 6.07) is 9.14. The van der Waals surface area contributed by atoms with E-state index < -0.39 is 0 Å². The summed E-state index contributed by atoms with van der Waals surface area (Å²) in [4.78, 5) is 13.5. The van der Waals surface area contributed by atoms with Crippen molar-refractivity contribution in [3.63, 3.8) is 0 Å². The Hall–Kier alpha value is -1.59. The number of hydrogen-bond donors (Lipinski definition) is 1. The molecular weight excluding hydrogens is 316 g/mol. The van der Waals surface area contributed by atoms with E-state index in [2.05, 4.69) is 24.4 Å². The largest absolute Gasteiger partial charge is 0.447 e. The molecule has 0 radical (unpaired) electrons. The number of nitrogens with zero attached hydrogens (tertiary/aromatic N) is 1. The third-order valence-corrected chi connectivity index (χ3v) is 6.91. The number of nitrogens with one attached hydrogen (secondary N) is 1. The van der Waals surface area contributed by atoms with Crippen molar-refractivity contribution in [2.75, 3.05) is 24.7 Å². The second kappa shape index (κ2) is 5.71. The lowest BCUT2D eigenvalue weighted by Crippen LogP contribution is -2.71. The first kappa shape index (κ1) is 15.6. The van der Waals surface area contributed by atoms with Crippen LogP contribution in [0.4, 0.5) is 10.5 Å². The van der Waals surface area contributed by atoms with Crippen LogP contribution in [0.25, 0.3) is 0 Å². The van der Waals surface area contributed by atoms with E-state index in [4.69, 9.17) is 9.47 Å². The number of ether oxygens (including phenoxy) is 2. The molecule has 4 atom stereocenters. The van der Waals surface area contributed by atoms with Gasteiger partial charge in [0.15, 0.2) is 0 Å². The highest BCUT2D eigenvalue weighted by Gasteiger charge is 2.66. The average Bonchev–Trinajstić information content (AvgIpc) is 3.18. The fourth-order valence-electron chi connectivity index (χ4n) is 5.45. The van der Waals surface area contributed by atoms with E-state index in [0.717, 1.165) is 12.3 Å². The van der Waals surface area contributed by atoms with E-state index in [1.165, 1.54) is 31.2 Å². The maximum Gasteiger partial charge on any atom is 0.414 e. The van der Waals surface area contributed by atoms with Crippen LogP contribution in [0, 0.1) is 11.3 Å². The minimum Gasteiger partial charge on any atom is -0.447 e. The van der Waals surface area contributed by atoms with Crippen molar-refractivity contribution in [2.45, 2.75) is 50.8 Å². The van der Waals surface area contributed by atoms with Gasteiger partial charge in [0.25, 0.3) is 0 Å². The van der Waals surface area contributed by atoms with Crippen molar-refractivity contribution in [3.8, 4) is 0 Å². The number of hydrogen-bond acceptors (Lipinski definition) is 4. The monoisotopic (exact) mass is 342 g/mol. The van der Waals surface area contributed by atoms with Gasteiger partial charge in [0.2, 0.25) is 0 Å². The number of amides is 1. The third-order valence-electron chi connectivity index (χ3n) is 6.91. The molecule has 1 N–H and O–H groups in total. The van der Waals surface area contributed by atoms with Gasteiger partial charge in [0.05, 0.1) is 12.6 Å². The van der Waals surface area contributed by atoms with Gasteiger partial charge in [-0.25, -0.2) is 4.79 Å². The summed E-state index contributed by atoms with van der Waals surface area (Å²) in [5, 5.41) is 3.91. The molecule has 5 heteroatoms. The first-order chi connectivity index (χ1) is 12.2. The van der Waals surface area contributed by atoms with Crippen molar-refractivity contribution in [1.82, 2.24) is 5.32 Å². The number of rotatable bonds is 4. The minimum absolute atomic E-state index is 0.240. The number of carbonyl (C=O) groups excluding carboxylic acids is 1. The summed E-state index contributed by atoms with van der Waals surface area (Å²) >= 11 is 0. The third kappa shape index (κ3) is 2.25. The second-order valence-electron chi connectivity index (χ2n) is 8.06. The zero-order valence-corrected chi connectivity index (χ0v) is 14.7. The predicted molar refractivity (Wildman–Crippen MR) is 94.6 cm³/mol. The Morgan fingerprint density at radius 1 is 1.32 bits per heavy atom. The normalized spacial score (nSPS) is 33.6. The van der Waals surface area contributed by atoms with Gasteiger partial charge in [-0.05, 0) is 43.9 Å². The smallest absolute Gasteiger partial charge is 0.414 e. The van der Waals surface area contributed by atoms with Gasteiger partial charge >= 0.3 is 6.09 Å². The summed E-state index contributed by atoms with van der Waals surface area (Å²) in [7, 11) is 0. The molecule has 2 saturated heterocycles. The zero-order valence-electron chi connectivity index (χ0n) is 14.7. The van der Waals surface area contributed by atoms with Crippen LogP contribution < -0.4 is 10.2 Å². The number of carbonyl (C=O) groups is 1. The van der Waals surface area contributed by atoms with Crippen LogP contribution >= 0.6 is 0 Å². The Balaban J connectivity index is 1.33. The molecule has 0 aromatic heterocycles. The van der Waals surface area contributed by atoms with Gasteiger partial charge in [-0.2, -0.15) is 0 Å². The molecule has 2 saturated carbocycles. The molecule has 4 aliphatic rings. The topological polar surface area (TPSA) is 50.8 Å². The average molecular weight is 342 g/mol. The van der Waals surface area contributed by atoms with Gasteiger partial charge in [0.1, 0.15) is 6.61 Å². The highest BCUT2D eigenvalue weighted by Crippen LogP contribution is 2.63. The van der Waals surface area contributed by atoms with Crippen LogP contribution in [0.1, 0.15) is 44.2 Å². The van der Waals surface area contributed by atoms with E-state index >= 15 is 0 Å². The molecule has 1 amide bonds. The summed E-state index contributed by atoms with van der Waals surface area (Å²) < 4.78 is 11.1. The fourth-order valence-corrected chi connectivity index (χ4v) is 5.45. The van der Waals surface area contributed by atoms with Crippen LogP contribution in [0.15, 0.2) is 24.3 Å². The summed E-state index contributed by atoms with van der Waals surface area (Å²) in [6.45, 7) is 4.27. The van der Waals surface area contributed by atoms with Gasteiger partial charge in [-0.1, -0.05) is 18.6 Å². The Kier molecular flexibility index (Phi) is 3.57. The van der Waals surface area contributed by atoms with Crippen LogP contribution in [0.5, 0.6) is 0 Å². The second-order valence-corrected chi connectivity index (χ2v) is 8.06. The standard InChI is InChI=1S/C20H26N2O3/c1-13(14-4-2-5-15(12-14)22-9-11-25-19(22)23)21-17-16-6-10-24-18(16)20(17)7-3-8-20/h2,4-5,12-13,16-18,21H,3,6-11H2,1H3/t13-,16+,17+,18-/m0/s1. The first-order valence-electron chi connectivity index (χ1n) is 9.61. The highest BCUT2D eigenvalue weighted by molar-refractivity contribution is 5.89. The Labute approximate surface area is 148 Å². The Morgan fingerprint density at radius 3 is 2.92 bits per heavy atom. The molecule has 2 heterocycles. The van der Waals surface area contributed by atoms with E-state index in [1.807, 2.05) is 12.1 Å². The molecule has 134 valence electrons. The molecule has 1 aromatic rings. The van der Waals surface area contributed by atoms with Crippen molar-refractivity contribution < 1.29 is 14.3 Å². The predicted octanol–water partition coefficient (Wildman–Crippen LogP) is 3.25. The van der Waals surface area contributed by atoms with Gasteiger partial charge in [0, 0.05) is 35.7 Å².